The van der Waals surface area contributed by atoms with Gasteiger partial charge in [-0.3, -0.25) is 10.1 Å². The third-order valence-electron chi connectivity index (χ3n) is 3.43. The molecule has 1 rings (SSSR count). The molecular weight excluding hydrogens is 388 g/mol. The number of hydrogen-bond acceptors (Lipinski definition) is 9. The summed E-state index contributed by atoms with van der Waals surface area (Å²) in [6.45, 7) is 5.32. The Bertz CT molecular complexity index is 757. The Morgan fingerprint density at radius 3 is 2.21 bits per heavy atom. The van der Waals surface area contributed by atoms with E-state index >= 15 is 0 Å². The molecule has 0 fully saturated rings. The molecule has 0 atom stereocenters. The molecule has 1 aromatic carbocycles. The van der Waals surface area contributed by atoms with Crippen LogP contribution in [0.4, 0.5) is 10.5 Å². The van der Waals surface area contributed by atoms with Gasteiger partial charge in [-0.25, -0.2) is 9.59 Å². The Hall–Kier alpha value is -3.24. The largest absolute Gasteiger partial charge is 0.493 e. The second-order valence-electron chi connectivity index (χ2n) is 6.72. The Labute approximate surface area is 168 Å². The van der Waals surface area contributed by atoms with Gasteiger partial charge in [0.25, 0.3) is 0 Å². The Morgan fingerprint density at radius 1 is 1.10 bits per heavy atom. The second kappa shape index (κ2) is 10.3. The SMILES string of the molecule is COc1cc(C(=O)OCCCNC(=O)OC(C)(C)C)c([N+](=O)[O-])c(OC)c1OC. The summed E-state index contributed by atoms with van der Waals surface area (Å²) in [7, 11) is 3.82. The number of methoxy groups -OCH3 is 3. The summed E-state index contributed by atoms with van der Waals surface area (Å²) in [5.74, 6) is -1.13. The molecule has 0 aliphatic rings. The fourth-order valence-corrected chi connectivity index (χ4v) is 2.30. The van der Waals surface area contributed by atoms with Gasteiger partial charge in [-0.1, -0.05) is 0 Å². The third-order valence-corrected chi connectivity index (χ3v) is 3.43. The first-order valence-electron chi connectivity index (χ1n) is 8.67. The zero-order valence-corrected chi connectivity index (χ0v) is 17.3. The maximum absolute atomic E-state index is 12.4. The molecule has 0 aliphatic heterocycles. The lowest BCUT2D eigenvalue weighted by atomic mass is 10.1. The van der Waals surface area contributed by atoms with Crippen LogP contribution in [0.25, 0.3) is 0 Å². The van der Waals surface area contributed by atoms with Crippen molar-refractivity contribution in [2.24, 2.45) is 0 Å². The molecule has 0 heterocycles. The maximum Gasteiger partial charge on any atom is 0.407 e. The van der Waals surface area contributed by atoms with Crippen LogP contribution in [-0.2, 0) is 9.47 Å². The van der Waals surface area contributed by atoms with Crippen molar-refractivity contribution in [1.29, 1.82) is 0 Å². The van der Waals surface area contributed by atoms with E-state index in [9.17, 15) is 19.7 Å². The number of alkyl carbamates (subject to hydrolysis) is 1. The molecule has 162 valence electrons. The summed E-state index contributed by atoms with van der Waals surface area (Å²) in [6, 6.07) is 1.15. The molecule has 0 bridgehead atoms. The molecule has 1 N–H and O–H groups in total. The van der Waals surface area contributed by atoms with Crippen LogP contribution in [0.15, 0.2) is 6.07 Å². The van der Waals surface area contributed by atoms with E-state index in [1.807, 2.05) is 0 Å². The minimum atomic E-state index is -0.937. The van der Waals surface area contributed by atoms with Crippen LogP contribution in [0.3, 0.4) is 0 Å². The number of rotatable bonds is 9. The summed E-state index contributed by atoms with van der Waals surface area (Å²) < 4.78 is 25.4. The van der Waals surface area contributed by atoms with E-state index < -0.39 is 28.3 Å². The Kier molecular flexibility index (Phi) is 8.49. The average molecular weight is 414 g/mol. The number of nitrogens with one attached hydrogen (secondary N) is 1. The standard InChI is InChI=1S/C18H26N2O9/c1-18(2,3)29-17(22)19-8-7-9-28-16(21)11-10-12(25-4)14(26-5)15(27-6)13(11)20(23)24/h10H,7-9H2,1-6H3,(H,19,22). The van der Waals surface area contributed by atoms with Gasteiger partial charge in [-0.2, -0.15) is 0 Å². The molecule has 1 amide bonds. The number of carbonyl (C=O) groups excluding carboxylic acids is 2. The van der Waals surface area contributed by atoms with E-state index in [-0.39, 0.29) is 42.4 Å². The van der Waals surface area contributed by atoms with E-state index in [1.54, 1.807) is 20.8 Å². The highest BCUT2D eigenvalue weighted by Gasteiger charge is 2.33. The summed E-state index contributed by atoms with van der Waals surface area (Å²) in [6.07, 6.45) is -0.312. The van der Waals surface area contributed by atoms with E-state index in [1.165, 1.54) is 21.3 Å². The lowest BCUT2D eigenvalue weighted by Gasteiger charge is -2.19. The van der Waals surface area contributed by atoms with Gasteiger partial charge in [0.05, 0.1) is 32.9 Å². The summed E-state index contributed by atoms with van der Waals surface area (Å²) in [4.78, 5) is 34.7. The highest BCUT2D eigenvalue weighted by atomic mass is 16.6. The van der Waals surface area contributed by atoms with Gasteiger partial charge in [0.1, 0.15) is 11.2 Å². The quantitative estimate of drug-likeness (QED) is 0.280. The molecule has 0 saturated heterocycles. The van der Waals surface area contributed by atoms with Gasteiger partial charge in [-0.15, -0.1) is 0 Å². The number of nitro benzene ring substituents is 1. The highest BCUT2D eigenvalue weighted by Crippen LogP contribution is 2.46. The van der Waals surface area contributed by atoms with Crippen molar-refractivity contribution < 1.29 is 38.2 Å². The smallest absolute Gasteiger partial charge is 0.407 e. The number of hydrogen-bond donors (Lipinski definition) is 1. The number of benzene rings is 1. The van der Waals surface area contributed by atoms with E-state index in [4.69, 9.17) is 23.7 Å². The molecule has 0 spiro atoms. The first-order valence-corrected chi connectivity index (χ1v) is 8.67. The van der Waals surface area contributed by atoms with Crippen LogP contribution in [0.2, 0.25) is 0 Å². The molecule has 0 aliphatic carbocycles. The van der Waals surface area contributed by atoms with Crippen molar-refractivity contribution in [3.8, 4) is 17.2 Å². The van der Waals surface area contributed by atoms with Gasteiger partial charge in [-0.05, 0) is 27.2 Å². The van der Waals surface area contributed by atoms with Crippen molar-refractivity contribution in [1.82, 2.24) is 5.32 Å². The minimum Gasteiger partial charge on any atom is -0.493 e. The van der Waals surface area contributed by atoms with Gasteiger partial charge < -0.3 is 29.0 Å². The molecule has 0 aromatic heterocycles. The monoisotopic (exact) mass is 414 g/mol. The minimum absolute atomic E-state index is 0.0141. The van der Waals surface area contributed by atoms with Crippen molar-refractivity contribution >= 4 is 17.7 Å². The topological polar surface area (TPSA) is 135 Å². The number of ether oxygens (including phenoxy) is 5. The van der Waals surface area contributed by atoms with Crippen LogP contribution in [0.1, 0.15) is 37.6 Å². The van der Waals surface area contributed by atoms with Crippen LogP contribution >= 0.6 is 0 Å². The van der Waals surface area contributed by atoms with Crippen LogP contribution in [0.5, 0.6) is 17.2 Å². The number of carbonyl (C=O) groups is 2. The third kappa shape index (κ3) is 6.70. The maximum atomic E-state index is 12.4. The van der Waals surface area contributed by atoms with Crippen molar-refractivity contribution in [3.63, 3.8) is 0 Å². The van der Waals surface area contributed by atoms with Gasteiger partial charge in [0.2, 0.25) is 11.5 Å². The first-order chi connectivity index (χ1) is 13.6. The molecular formula is C18H26N2O9. The predicted molar refractivity (Wildman–Crippen MR) is 102 cm³/mol. The van der Waals surface area contributed by atoms with Crippen LogP contribution < -0.4 is 19.5 Å². The molecule has 1 aromatic rings. The highest BCUT2D eigenvalue weighted by molar-refractivity contribution is 5.97. The number of amides is 1. The summed E-state index contributed by atoms with van der Waals surface area (Å²) in [5.41, 5.74) is -1.56. The fraction of sp³-hybridized carbons (Fsp3) is 0.556. The van der Waals surface area contributed by atoms with Crippen molar-refractivity contribution in [3.05, 3.63) is 21.7 Å². The lowest BCUT2D eigenvalue weighted by molar-refractivity contribution is -0.386. The van der Waals surface area contributed by atoms with E-state index in [0.29, 0.717) is 0 Å². The zero-order chi connectivity index (χ0) is 22.2. The summed E-state index contributed by atoms with van der Waals surface area (Å²) >= 11 is 0. The molecule has 11 nitrogen and oxygen atoms in total. The number of esters is 1. The number of nitrogens with zero attached hydrogens (tertiary/aromatic N) is 1. The second-order valence-corrected chi connectivity index (χ2v) is 6.72. The Morgan fingerprint density at radius 2 is 1.72 bits per heavy atom. The Balaban J connectivity index is 2.84. The predicted octanol–water partition coefficient (Wildman–Crippen LogP) is 2.69. The number of nitro groups is 1. The fourth-order valence-electron chi connectivity index (χ4n) is 2.30. The lowest BCUT2D eigenvalue weighted by Crippen LogP contribution is -2.33. The van der Waals surface area contributed by atoms with E-state index in [2.05, 4.69) is 5.32 Å². The zero-order valence-electron chi connectivity index (χ0n) is 17.3. The van der Waals surface area contributed by atoms with Gasteiger partial charge in [0.15, 0.2) is 5.75 Å². The molecule has 0 unspecified atom stereocenters. The first kappa shape index (κ1) is 23.8. The van der Waals surface area contributed by atoms with Crippen LogP contribution in [0, 0.1) is 10.1 Å². The summed E-state index contributed by atoms with van der Waals surface area (Å²) in [5, 5.41) is 14.0. The van der Waals surface area contributed by atoms with Gasteiger partial charge in [0, 0.05) is 12.6 Å². The molecule has 11 heteroatoms. The van der Waals surface area contributed by atoms with Crippen LogP contribution in [-0.4, -0.2) is 57.1 Å². The van der Waals surface area contributed by atoms with Crippen molar-refractivity contribution in [2.45, 2.75) is 32.8 Å². The normalized spacial score (nSPS) is 10.7. The molecule has 29 heavy (non-hydrogen) atoms. The average Bonchev–Trinajstić information content (AvgIpc) is 2.63. The van der Waals surface area contributed by atoms with E-state index in [0.717, 1.165) is 6.07 Å². The van der Waals surface area contributed by atoms with Crippen molar-refractivity contribution in [2.75, 3.05) is 34.5 Å². The molecule has 0 saturated carbocycles. The molecule has 0 radical (unpaired) electrons. The van der Waals surface area contributed by atoms with Gasteiger partial charge >= 0.3 is 17.7 Å².